The average Bonchev–Trinajstić information content (AvgIpc) is 2.13. The second-order valence-corrected chi connectivity index (χ2v) is 3.31. The number of aromatic nitrogens is 1. The highest BCUT2D eigenvalue weighted by Gasteiger charge is 2.06. The Morgan fingerprint density at radius 2 is 2.38 bits per heavy atom. The van der Waals surface area contributed by atoms with Gasteiger partial charge in [0, 0.05) is 17.3 Å². The lowest BCUT2D eigenvalue weighted by Gasteiger charge is -1.97. The average molecular weight is 201 g/mol. The van der Waals surface area contributed by atoms with Crippen molar-refractivity contribution < 1.29 is 12.9 Å². The van der Waals surface area contributed by atoms with Crippen molar-refractivity contribution >= 4 is 18.4 Å². The van der Waals surface area contributed by atoms with Gasteiger partial charge >= 0.3 is 12.2 Å². The highest BCUT2D eigenvalue weighted by atomic mass is 32.2. The highest BCUT2D eigenvalue weighted by Crippen LogP contribution is 2.07. The summed E-state index contributed by atoms with van der Waals surface area (Å²) in [6, 6.07) is 1.69. The van der Waals surface area contributed by atoms with Crippen LogP contribution in [-0.4, -0.2) is 26.8 Å². The molecular weight excluding hydrogens is 191 g/mol. The fourth-order valence-corrected chi connectivity index (χ4v) is 1.04. The van der Waals surface area contributed by atoms with Crippen LogP contribution >= 0.6 is 12.2 Å². The number of hydrogen-bond acceptors (Lipinski definition) is 3. The Balaban J connectivity index is 3.09. The van der Waals surface area contributed by atoms with Crippen LogP contribution in [-0.2, 0) is 0 Å². The molecule has 0 fully saturated rings. The number of nitrogens with zero attached hydrogens (tertiary/aromatic N) is 2. The van der Waals surface area contributed by atoms with Gasteiger partial charge in [-0.2, -0.15) is 4.39 Å². The standard InChI is InChI=1S/C8H9FN2OS/c1-6-7(5-11(2)13-12)3-4-10-8(6)9/h3-5H,1-2H3/p+1/b11-5+. The van der Waals surface area contributed by atoms with E-state index in [1.54, 1.807) is 26.3 Å². The molecule has 1 rings (SSSR count). The third kappa shape index (κ3) is 2.50. The van der Waals surface area contributed by atoms with Crippen LogP contribution in [0.2, 0.25) is 0 Å². The maximum Gasteiger partial charge on any atom is 0.332 e. The van der Waals surface area contributed by atoms with Crippen molar-refractivity contribution in [3.8, 4) is 0 Å². The molecule has 1 aromatic rings. The van der Waals surface area contributed by atoms with Gasteiger partial charge in [-0.1, -0.05) is 0 Å². The summed E-state index contributed by atoms with van der Waals surface area (Å²) in [7, 11) is 1.67. The van der Waals surface area contributed by atoms with Crippen molar-refractivity contribution in [2.45, 2.75) is 6.92 Å². The van der Waals surface area contributed by atoms with Gasteiger partial charge in [-0.3, -0.25) is 4.55 Å². The van der Waals surface area contributed by atoms with Crippen LogP contribution in [0.15, 0.2) is 12.3 Å². The summed E-state index contributed by atoms with van der Waals surface area (Å²) in [4.78, 5) is 3.50. The molecule has 0 saturated carbocycles. The van der Waals surface area contributed by atoms with Crippen LogP contribution in [0.25, 0.3) is 0 Å². The predicted molar refractivity (Wildman–Crippen MR) is 50.5 cm³/mol. The molecule has 70 valence electrons. The minimum Gasteiger partial charge on any atom is -0.274 e. The quantitative estimate of drug-likeness (QED) is 0.260. The summed E-state index contributed by atoms with van der Waals surface area (Å²) in [6.45, 7) is 1.64. The second kappa shape index (κ2) is 4.34. The van der Waals surface area contributed by atoms with Crippen molar-refractivity contribution in [2.24, 2.45) is 0 Å². The Morgan fingerprint density at radius 3 is 3.00 bits per heavy atom. The Labute approximate surface area is 80.3 Å². The molecule has 0 radical (unpaired) electrons. The molecule has 13 heavy (non-hydrogen) atoms. The third-order valence-electron chi connectivity index (χ3n) is 1.63. The van der Waals surface area contributed by atoms with Crippen molar-refractivity contribution in [3.63, 3.8) is 0 Å². The van der Waals surface area contributed by atoms with E-state index >= 15 is 0 Å². The minimum atomic E-state index is -0.481. The van der Waals surface area contributed by atoms with Gasteiger partial charge in [-0.15, -0.1) is 3.98 Å². The molecule has 0 bridgehead atoms. The largest absolute Gasteiger partial charge is 0.332 e. The van der Waals surface area contributed by atoms with Crippen molar-refractivity contribution in [3.05, 3.63) is 29.3 Å². The van der Waals surface area contributed by atoms with E-state index in [0.717, 1.165) is 0 Å². The molecule has 5 heteroatoms. The van der Waals surface area contributed by atoms with E-state index in [-0.39, 0.29) is 0 Å². The van der Waals surface area contributed by atoms with Gasteiger partial charge in [0.05, 0.1) is 0 Å². The molecule has 1 heterocycles. The molecule has 1 N–H and O–H groups in total. The minimum absolute atomic E-state index is 0.475. The van der Waals surface area contributed by atoms with Crippen LogP contribution < -0.4 is 0 Å². The lowest BCUT2D eigenvalue weighted by Crippen LogP contribution is -2.01. The molecule has 0 aliphatic rings. The molecule has 3 nitrogen and oxygen atoms in total. The molecule has 0 aromatic carbocycles. The first-order chi connectivity index (χ1) is 6.15. The third-order valence-corrected chi connectivity index (χ3v) is 2.00. The first-order valence-electron chi connectivity index (χ1n) is 3.65. The zero-order valence-electron chi connectivity index (χ0n) is 7.36. The summed E-state index contributed by atoms with van der Waals surface area (Å²) in [5.41, 5.74) is 1.18. The van der Waals surface area contributed by atoms with Gasteiger partial charge in [0.25, 0.3) is 0 Å². The summed E-state index contributed by atoms with van der Waals surface area (Å²) < 4.78 is 23.0. The van der Waals surface area contributed by atoms with Gasteiger partial charge in [-0.25, -0.2) is 4.98 Å². The molecule has 0 amide bonds. The van der Waals surface area contributed by atoms with E-state index in [0.29, 0.717) is 23.4 Å². The lowest BCUT2D eigenvalue weighted by molar-refractivity contribution is -0.308. The molecule has 0 spiro atoms. The summed E-state index contributed by atoms with van der Waals surface area (Å²) in [6.07, 6.45) is 3.02. The summed E-state index contributed by atoms with van der Waals surface area (Å²) in [5, 5.41) is 0. The van der Waals surface area contributed by atoms with Gasteiger partial charge in [-0.05, 0) is 13.0 Å². The van der Waals surface area contributed by atoms with Gasteiger partial charge in [0.15, 0.2) is 6.21 Å². The number of halogens is 1. The van der Waals surface area contributed by atoms with Gasteiger partial charge in [0.2, 0.25) is 5.95 Å². The SMILES string of the molecule is Cc1c(/C=[N+](\C)SO)ccnc1F. The predicted octanol–water partition coefficient (Wildman–Crippen LogP) is 1.71. The second-order valence-electron chi connectivity index (χ2n) is 2.57. The Morgan fingerprint density at radius 1 is 1.69 bits per heavy atom. The summed E-state index contributed by atoms with van der Waals surface area (Å²) in [5.74, 6) is -0.481. The van der Waals surface area contributed by atoms with Crippen LogP contribution in [0, 0.1) is 12.9 Å². The number of pyridine rings is 1. The Kier molecular flexibility index (Phi) is 3.39. The maximum atomic E-state index is 12.9. The lowest BCUT2D eigenvalue weighted by atomic mass is 10.2. The van der Waals surface area contributed by atoms with Crippen molar-refractivity contribution in [2.75, 3.05) is 7.05 Å². The normalized spacial score (nSPS) is 11.8. The molecule has 0 aliphatic carbocycles. The van der Waals surface area contributed by atoms with Crippen LogP contribution in [0.3, 0.4) is 0 Å². The van der Waals surface area contributed by atoms with E-state index in [1.165, 1.54) is 10.2 Å². The van der Waals surface area contributed by atoms with E-state index in [1.807, 2.05) is 0 Å². The zero-order chi connectivity index (χ0) is 9.84. The zero-order valence-corrected chi connectivity index (χ0v) is 8.18. The van der Waals surface area contributed by atoms with Crippen LogP contribution in [0.4, 0.5) is 4.39 Å². The molecular formula is C8H10FN2OS+. The highest BCUT2D eigenvalue weighted by molar-refractivity contribution is 7.87. The fourth-order valence-electron chi connectivity index (χ4n) is 0.883. The molecule has 0 saturated heterocycles. The topological polar surface area (TPSA) is 36.1 Å². The number of rotatable bonds is 2. The van der Waals surface area contributed by atoms with Crippen LogP contribution in [0.1, 0.15) is 11.1 Å². The number of hydrogen-bond donors (Lipinski definition) is 1. The Hall–Kier alpha value is -0.940. The van der Waals surface area contributed by atoms with E-state index in [4.69, 9.17) is 4.55 Å². The molecule has 0 unspecified atom stereocenters. The maximum absolute atomic E-state index is 12.9. The van der Waals surface area contributed by atoms with Crippen molar-refractivity contribution in [1.29, 1.82) is 0 Å². The molecule has 0 atom stereocenters. The smallest absolute Gasteiger partial charge is 0.274 e. The van der Waals surface area contributed by atoms with Gasteiger partial charge in [0.1, 0.15) is 7.05 Å². The monoisotopic (exact) mass is 201 g/mol. The Bertz CT molecular complexity index is 341. The summed E-state index contributed by atoms with van der Waals surface area (Å²) >= 11 is 0.569. The van der Waals surface area contributed by atoms with Crippen molar-refractivity contribution in [1.82, 2.24) is 4.98 Å². The van der Waals surface area contributed by atoms with Crippen LogP contribution in [0.5, 0.6) is 0 Å². The fraction of sp³-hybridized carbons (Fsp3) is 0.250. The first-order valence-corrected chi connectivity index (χ1v) is 4.38. The first kappa shape index (κ1) is 10.1. The van der Waals surface area contributed by atoms with E-state index in [2.05, 4.69) is 4.98 Å². The van der Waals surface area contributed by atoms with Gasteiger partial charge < -0.3 is 0 Å². The molecule has 1 aromatic heterocycles. The molecule has 0 aliphatic heterocycles. The van der Waals surface area contributed by atoms with E-state index < -0.39 is 5.95 Å². The van der Waals surface area contributed by atoms with E-state index in [9.17, 15) is 4.39 Å².